The number of aliphatic hydroxyl groups excluding tert-OH is 1. The number of carbonyl (C=O) groups is 1. The highest BCUT2D eigenvalue weighted by molar-refractivity contribution is 6.30. The van der Waals surface area contributed by atoms with Crippen LogP contribution < -0.4 is 5.32 Å². The smallest absolute Gasteiger partial charge is 0.317 e. The third kappa shape index (κ3) is 4.27. The van der Waals surface area contributed by atoms with Gasteiger partial charge in [0.25, 0.3) is 0 Å². The minimum Gasteiger partial charge on any atom is -0.393 e. The number of hydrogen-bond acceptors (Lipinski definition) is 2. The Kier molecular flexibility index (Phi) is 5.23. The average Bonchev–Trinajstić information content (AvgIpc) is 2.58. The molecule has 1 aromatic carbocycles. The van der Waals surface area contributed by atoms with Crippen LogP contribution >= 0.6 is 11.6 Å². The average molecular weight is 335 g/mol. The van der Waals surface area contributed by atoms with E-state index < -0.39 is 0 Å². The zero-order valence-electron chi connectivity index (χ0n) is 13.2. The highest BCUT2D eigenvalue weighted by Gasteiger charge is 2.24. The van der Waals surface area contributed by atoms with E-state index in [-0.39, 0.29) is 18.2 Å². The zero-order chi connectivity index (χ0) is 16.2. The predicted molar refractivity (Wildman–Crippen MR) is 92.4 cm³/mol. The number of nitrogens with one attached hydrogen (secondary N) is 1. The lowest BCUT2D eigenvalue weighted by Crippen LogP contribution is -2.47. The van der Waals surface area contributed by atoms with Crippen molar-refractivity contribution in [2.75, 3.05) is 13.1 Å². The van der Waals surface area contributed by atoms with Gasteiger partial charge in [-0.15, -0.1) is 0 Å². The summed E-state index contributed by atoms with van der Waals surface area (Å²) in [4.78, 5) is 14.2. The molecule has 124 valence electrons. The minimum atomic E-state index is -0.192. The number of hydrogen-bond donors (Lipinski definition) is 2. The maximum Gasteiger partial charge on any atom is 0.317 e. The number of aliphatic hydroxyl groups is 1. The zero-order valence-corrected chi connectivity index (χ0v) is 13.9. The molecule has 0 unspecified atom stereocenters. The molecule has 3 rings (SSSR count). The van der Waals surface area contributed by atoms with Gasteiger partial charge in [0.15, 0.2) is 0 Å². The molecule has 0 bridgehead atoms. The van der Waals surface area contributed by atoms with Crippen LogP contribution in [0.3, 0.4) is 0 Å². The van der Waals surface area contributed by atoms with Crippen molar-refractivity contribution < 1.29 is 9.90 Å². The largest absolute Gasteiger partial charge is 0.393 e. The summed E-state index contributed by atoms with van der Waals surface area (Å²) >= 11 is 5.92. The lowest BCUT2D eigenvalue weighted by molar-refractivity contribution is 0.115. The van der Waals surface area contributed by atoms with Gasteiger partial charge in [-0.05, 0) is 55.4 Å². The number of benzene rings is 1. The lowest BCUT2D eigenvalue weighted by Gasteiger charge is -2.31. The van der Waals surface area contributed by atoms with E-state index in [2.05, 4.69) is 11.4 Å². The fourth-order valence-corrected chi connectivity index (χ4v) is 3.39. The Morgan fingerprint density at radius 3 is 2.48 bits per heavy atom. The van der Waals surface area contributed by atoms with E-state index >= 15 is 0 Å². The summed E-state index contributed by atoms with van der Waals surface area (Å²) in [6.07, 6.45) is 6.09. The Morgan fingerprint density at radius 2 is 1.87 bits per heavy atom. The van der Waals surface area contributed by atoms with E-state index in [4.69, 9.17) is 11.6 Å². The summed E-state index contributed by atoms with van der Waals surface area (Å²) < 4.78 is 0. The molecule has 2 amide bonds. The van der Waals surface area contributed by atoms with Crippen LogP contribution in [0, 0.1) is 0 Å². The Balaban J connectivity index is 1.53. The van der Waals surface area contributed by atoms with Crippen molar-refractivity contribution in [3.05, 3.63) is 40.9 Å². The molecular formula is C18H23ClN2O2. The van der Waals surface area contributed by atoms with E-state index in [9.17, 15) is 9.90 Å². The first-order chi connectivity index (χ1) is 11.1. The quantitative estimate of drug-likeness (QED) is 0.870. The molecular weight excluding hydrogens is 312 g/mol. The van der Waals surface area contributed by atoms with Gasteiger partial charge in [-0.3, -0.25) is 0 Å². The van der Waals surface area contributed by atoms with Crippen LogP contribution in [0.1, 0.15) is 37.7 Å². The molecule has 2 N–H and O–H groups in total. The van der Waals surface area contributed by atoms with Crippen molar-refractivity contribution in [2.24, 2.45) is 0 Å². The number of nitrogens with zero attached hydrogens (tertiary/aromatic N) is 1. The molecule has 1 aliphatic heterocycles. The number of carbonyl (C=O) groups excluding carboxylic acids is 1. The first-order valence-corrected chi connectivity index (χ1v) is 8.68. The summed E-state index contributed by atoms with van der Waals surface area (Å²) in [5, 5.41) is 13.4. The van der Waals surface area contributed by atoms with Gasteiger partial charge in [0.2, 0.25) is 0 Å². The molecule has 0 saturated heterocycles. The van der Waals surface area contributed by atoms with Crippen LogP contribution in [0.5, 0.6) is 0 Å². The van der Waals surface area contributed by atoms with Crippen LogP contribution in [0.4, 0.5) is 4.79 Å². The summed E-state index contributed by atoms with van der Waals surface area (Å²) in [6, 6.07) is 8.06. The number of halogens is 1. The molecule has 0 aromatic heterocycles. The second kappa shape index (κ2) is 7.37. The van der Waals surface area contributed by atoms with Gasteiger partial charge in [0, 0.05) is 24.2 Å². The summed E-state index contributed by atoms with van der Waals surface area (Å²) in [7, 11) is 0. The third-order valence-electron chi connectivity index (χ3n) is 4.74. The Morgan fingerprint density at radius 1 is 1.17 bits per heavy atom. The highest BCUT2D eigenvalue weighted by atomic mass is 35.5. The van der Waals surface area contributed by atoms with Gasteiger partial charge in [0.05, 0.1) is 6.10 Å². The molecule has 1 aliphatic carbocycles. The molecule has 5 heteroatoms. The van der Waals surface area contributed by atoms with Crippen LogP contribution in [0.15, 0.2) is 30.3 Å². The van der Waals surface area contributed by atoms with Crippen LogP contribution in [-0.4, -0.2) is 41.3 Å². The fourth-order valence-electron chi connectivity index (χ4n) is 3.27. The molecule has 1 aromatic rings. The Hall–Kier alpha value is -1.52. The SMILES string of the molecule is O=C(NC1CCC(O)CC1)N1CC=C(c2ccc(Cl)cc2)CC1. The van der Waals surface area contributed by atoms with Crippen molar-refractivity contribution in [2.45, 2.75) is 44.2 Å². The van der Waals surface area contributed by atoms with E-state index in [0.29, 0.717) is 6.54 Å². The van der Waals surface area contributed by atoms with Gasteiger partial charge in [-0.1, -0.05) is 29.8 Å². The summed E-state index contributed by atoms with van der Waals surface area (Å²) in [5.41, 5.74) is 2.45. The molecule has 1 heterocycles. The van der Waals surface area contributed by atoms with E-state index in [1.807, 2.05) is 29.2 Å². The fraction of sp³-hybridized carbons (Fsp3) is 0.500. The standard InChI is InChI=1S/C18H23ClN2O2/c19-15-3-1-13(2-4-15)14-9-11-21(12-10-14)18(23)20-16-5-7-17(22)8-6-16/h1-4,9,16-17,22H,5-8,10-12H2,(H,20,23). The normalized spacial score (nSPS) is 25.0. The van der Waals surface area contributed by atoms with Crippen molar-refractivity contribution in [3.63, 3.8) is 0 Å². The van der Waals surface area contributed by atoms with E-state index in [1.165, 1.54) is 11.1 Å². The van der Waals surface area contributed by atoms with Gasteiger partial charge < -0.3 is 15.3 Å². The Bertz CT molecular complexity index is 577. The number of amides is 2. The summed E-state index contributed by atoms with van der Waals surface area (Å²) in [6.45, 7) is 1.37. The van der Waals surface area contributed by atoms with E-state index in [0.717, 1.165) is 43.7 Å². The molecule has 2 aliphatic rings. The van der Waals surface area contributed by atoms with Crippen LogP contribution in [0.2, 0.25) is 5.02 Å². The van der Waals surface area contributed by atoms with Gasteiger partial charge in [0.1, 0.15) is 0 Å². The summed E-state index contributed by atoms with van der Waals surface area (Å²) in [5.74, 6) is 0. The van der Waals surface area contributed by atoms with Crippen molar-refractivity contribution >= 4 is 23.2 Å². The maximum absolute atomic E-state index is 12.3. The minimum absolute atomic E-state index is 0.0118. The van der Waals surface area contributed by atoms with Crippen LogP contribution in [0.25, 0.3) is 5.57 Å². The second-order valence-electron chi connectivity index (χ2n) is 6.39. The molecule has 0 radical (unpaired) electrons. The Labute approximate surface area is 142 Å². The highest BCUT2D eigenvalue weighted by Crippen LogP contribution is 2.24. The van der Waals surface area contributed by atoms with Crippen molar-refractivity contribution in [3.8, 4) is 0 Å². The maximum atomic E-state index is 12.3. The number of urea groups is 1. The van der Waals surface area contributed by atoms with Crippen molar-refractivity contribution in [1.82, 2.24) is 10.2 Å². The predicted octanol–water partition coefficient (Wildman–Crippen LogP) is 3.44. The van der Waals surface area contributed by atoms with Crippen molar-refractivity contribution in [1.29, 1.82) is 0 Å². The molecule has 1 saturated carbocycles. The molecule has 1 fully saturated rings. The van der Waals surface area contributed by atoms with E-state index in [1.54, 1.807) is 0 Å². The van der Waals surface area contributed by atoms with Gasteiger partial charge >= 0.3 is 6.03 Å². The molecule has 4 nitrogen and oxygen atoms in total. The van der Waals surface area contributed by atoms with Gasteiger partial charge in [-0.25, -0.2) is 4.79 Å². The number of rotatable bonds is 2. The van der Waals surface area contributed by atoms with Crippen LogP contribution in [-0.2, 0) is 0 Å². The first-order valence-electron chi connectivity index (χ1n) is 8.30. The molecule has 0 spiro atoms. The van der Waals surface area contributed by atoms with Gasteiger partial charge in [-0.2, -0.15) is 0 Å². The lowest BCUT2D eigenvalue weighted by atomic mass is 9.93. The monoisotopic (exact) mass is 334 g/mol. The topological polar surface area (TPSA) is 52.6 Å². The molecule has 0 atom stereocenters. The second-order valence-corrected chi connectivity index (χ2v) is 6.82. The molecule has 23 heavy (non-hydrogen) atoms. The first kappa shape index (κ1) is 16.3. The third-order valence-corrected chi connectivity index (χ3v) is 4.99.